The highest BCUT2D eigenvalue weighted by Crippen LogP contribution is 2.27. The largest absolute Gasteiger partial charge is 0.481 e. The molecular formula is C13H18N2O2. The van der Waals surface area contributed by atoms with Crippen LogP contribution in [0.2, 0.25) is 0 Å². The van der Waals surface area contributed by atoms with E-state index in [1.54, 1.807) is 14.0 Å². The van der Waals surface area contributed by atoms with E-state index in [0.717, 1.165) is 24.4 Å². The summed E-state index contributed by atoms with van der Waals surface area (Å²) in [6.45, 7) is 2.74. The molecule has 1 unspecified atom stereocenters. The number of ether oxygens (including phenoxy) is 1. The molecule has 1 aliphatic heterocycles. The molecule has 1 aromatic carbocycles. The van der Waals surface area contributed by atoms with Crippen molar-refractivity contribution < 1.29 is 9.53 Å². The van der Waals surface area contributed by atoms with E-state index in [9.17, 15) is 4.79 Å². The molecule has 0 fully saturated rings. The van der Waals surface area contributed by atoms with E-state index in [0.29, 0.717) is 0 Å². The maximum atomic E-state index is 11.4. The van der Waals surface area contributed by atoms with Gasteiger partial charge in [0.25, 0.3) is 5.91 Å². The van der Waals surface area contributed by atoms with Gasteiger partial charge in [0.2, 0.25) is 0 Å². The Morgan fingerprint density at radius 2 is 2.35 bits per heavy atom. The molecule has 4 nitrogen and oxygen atoms in total. The summed E-state index contributed by atoms with van der Waals surface area (Å²) < 4.78 is 5.58. The van der Waals surface area contributed by atoms with E-state index in [1.165, 1.54) is 12.0 Å². The lowest BCUT2D eigenvalue weighted by Crippen LogP contribution is -2.33. The first-order chi connectivity index (χ1) is 8.20. The Labute approximate surface area is 101 Å². The molecule has 2 N–H and O–H groups in total. The fraction of sp³-hybridized carbons (Fsp3) is 0.462. The van der Waals surface area contributed by atoms with Crippen LogP contribution < -0.4 is 15.4 Å². The minimum atomic E-state index is -0.471. The summed E-state index contributed by atoms with van der Waals surface area (Å²) in [5.74, 6) is 0.616. The highest BCUT2D eigenvalue weighted by atomic mass is 16.5. The maximum Gasteiger partial charge on any atom is 0.260 e. The summed E-state index contributed by atoms with van der Waals surface area (Å²) in [6.07, 6.45) is 1.80. The van der Waals surface area contributed by atoms with Crippen LogP contribution in [0.5, 0.6) is 5.75 Å². The predicted molar refractivity (Wildman–Crippen MR) is 67.4 cm³/mol. The third-order valence-electron chi connectivity index (χ3n) is 2.95. The van der Waals surface area contributed by atoms with Crippen molar-refractivity contribution in [1.29, 1.82) is 0 Å². The SMILES string of the molecule is CNC(=O)C(C)Oc1ccc2c(c1)NCCC2. The Morgan fingerprint density at radius 3 is 3.12 bits per heavy atom. The Balaban J connectivity index is 2.09. The lowest BCUT2D eigenvalue weighted by atomic mass is 10.0. The number of carbonyl (C=O) groups excluding carboxylic acids is 1. The van der Waals surface area contributed by atoms with Gasteiger partial charge < -0.3 is 15.4 Å². The van der Waals surface area contributed by atoms with Gasteiger partial charge in [0.05, 0.1) is 0 Å². The minimum absolute atomic E-state index is 0.115. The number of anilines is 1. The van der Waals surface area contributed by atoms with Gasteiger partial charge in [-0.05, 0) is 31.4 Å². The second-order valence-electron chi connectivity index (χ2n) is 4.22. The zero-order valence-corrected chi connectivity index (χ0v) is 10.2. The van der Waals surface area contributed by atoms with E-state index in [1.807, 2.05) is 12.1 Å². The minimum Gasteiger partial charge on any atom is -0.481 e. The number of hydrogen-bond acceptors (Lipinski definition) is 3. The lowest BCUT2D eigenvalue weighted by Gasteiger charge is -2.20. The molecule has 92 valence electrons. The number of amides is 1. The average Bonchev–Trinajstić information content (AvgIpc) is 2.37. The van der Waals surface area contributed by atoms with Crippen molar-refractivity contribution in [3.05, 3.63) is 23.8 Å². The quantitative estimate of drug-likeness (QED) is 0.834. The second kappa shape index (κ2) is 5.08. The number of fused-ring (bicyclic) bond motifs is 1. The van der Waals surface area contributed by atoms with E-state index in [-0.39, 0.29) is 5.91 Å². The summed E-state index contributed by atoms with van der Waals surface area (Å²) in [4.78, 5) is 11.4. The molecule has 0 radical (unpaired) electrons. The van der Waals surface area contributed by atoms with Gasteiger partial charge in [-0.3, -0.25) is 4.79 Å². The molecule has 0 spiro atoms. The lowest BCUT2D eigenvalue weighted by molar-refractivity contribution is -0.126. The highest BCUT2D eigenvalue weighted by molar-refractivity contribution is 5.80. The number of aryl methyl sites for hydroxylation is 1. The Morgan fingerprint density at radius 1 is 1.53 bits per heavy atom. The van der Waals surface area contributed by atoms with Crippen LogP contribution in [0, 0.1) is 0 Å². The van der Waals surface area contributed by atoms with Crippen molar-refractivity contribution in [3.8, 4) is 5.75 Å². The first-order valence-electron chi connectivity index (χ1n) is 5.96. The molecule has 1 aromatic rings. The standard InChI is InChI=1S/C13H18N2O2/c1-9(13(16)14-2)17-11-6-5-10-4-3-7-15-12(10)8-11/h5-6,8-9,15H,3-4,7H2,1-2H3,(H,14,16). The molecule has 1 aliphatic rings. The van der Waals surface area contributed by atoms with Crippen LogP contribution in [0.15, 0.2) is 18.2 Å². The van der Waals surface area contributed by atoms with E-state index >= 15 is 0 Å². The van der Waals surface area contributed by atoms with Crippen LogP contribution in [0.1, 0.15) is 18.9 Å². The molecular weight excluding hydrogens is 216 g/mol. The van der Waals surface area contributed by atoms with Gasteiger partial charge in [-0.15, -0.1) is 0 Å². The first-order valence-corrected chi connectivity index (χ1v) is 5.96. The molecule has 17 heavy (non-hydrogen) atoms. The van der Waals surface area contributed by atoms with Crippen molar-refractivity contribution in [3.63, 3.8) is 0 Å². The second-order valence-corrected chi connectivity index (χ2v) is 4.22. The number of carbonyl (C=O) groups is 1. The third kappa shape index (κ3) is 2.70. The molecule has 0 aliphatic carbocycles. The molecule has 1 amide bonds. The molecule has 2 rings (SSSR count). The van der Waals surface area contributed by atoms with Gasteiger partial charge in [-0.1, -0.05) is 6.07 Å². The predicted octanol–water partition coefficient (Wildman–Crippen LogP) is 1.56. The van der Waals surface area contributed by atoms with Gasteiger partial charge >= 0.3 is 0 Å². The van der Waals surface area contributed by atoms with Crippen molar-refractivity contribution in [2.45, 2.75) is 25.9 Å². The first kappa shape index (κ1) is 11.8. The normalized spacial score (nSPS) is 15.4. The zero-order valence-electron chi connectivity index (χ0n) is 10.2. The number of rotatable bonds is 3. The fourth-order valence-electron chi connectivity index (χ4n) is 1.97. The molecule has 0 saturated heterocycles. The topological polar surface area (TPSA) is 50.4 Å². The van der Waals surface area contributed by atoms with E-state index in [2.05, 4.69) is 16.7 Å². The van der Waals surface area contributed by atoms with Crippen molar-refractivity contribution in [2.24, 2.45) is 0 Å². The van der Waals surface area contributed by atoms with Crippen molar-refractivity contribution in [2.75, 3.05) is 18.9 Å². The van der Waals surface area contributed by atoms with E-state index in [4.69, 9.17) is 4.74 Å². The van der Waals surface area contributed by atoms with Crippen molar-refractivity contribution >= 4 is 11.6 Å². The Kier molecular flexibility index (Phi) is 3.52. The van der Waals surface area contributed by atoms with Gasteiger partial charge in [0.15, 0.2) is 6.10 Å². The highest BCUT2D eigenvalue weighted by Gasteiger charge is 2.14. The van der Waals surface area contributed by atoms with Crippen LogP contribution in [-0.2, 0) is 11.2 Å². The molecule has 0 aromatic heterocycles. The van der Waals surface area contributed by atoms with Crippen LogP contribution in [0.4, 0.5) is 5.69 Å². The number of hydrogen-bond donors (Lipinski definition) is 2. The molecule has 1 atom stereocenters. The average molecular weight is 234 g/mol. The summed E-state index contributed by atoms with van der Waals surface area (Å²) in [7, 11) is 1.61. The summed E-state index contributed by atoms with van der Waals surface area (Å²) in [5, 5.41) is 5.91. The Bertz CT molecular complexity index is 418. The zero-order chi connectivity index (χ0) is 12.3. The number of benzene rings is 1. The molecule has 1 heterocycles. The summed E-state index contributed by atoms with van der Waals surface area (Å²) in [5.41, 5.74) is 2.44. The van der Waals surface area contributed by atoms with E-state index < -0.39 is 6.10 Å². The van der Waals surface area contributed by atoms with Crippen LogP contribution in [0.25, 0.3) is 0 Å². The summed E-state index contributed by atoms with van der Waals surface area (Å²) >= 11 is 0. The number of nitrogens with one attached hydrogen (secondary N) is 2. The van der Waals surface area contributed by atoms with Crippen molar-refractivity contribution in [1.82, 2.24) is 5.32 Å². The third-order valence-corrected chi connectivity index (χ3v) is 2.95. The smallest absolute Gasteiger partial charge is 0.260 e. The maximum absolute atomic E-state index is 11.4. The van der Waals surface area contributed by atoms with Gasteiger partial charge in [0, 0.05) is 25.3 Å². The van der Waals surface area contributed by atoms with Crippen LogP contribution in [0.3, 0.4) is 0 Å². The monoisotopic (exact) mass is 234 g/mol. The summed E-state index contributed by atoms with van der Waals surface area (Å²) in [6, 6.07) is 5.95. The van der Waals surface area contributed by atoms with Gasteiger partial charge in [-0.25, -0.2) is 0 Å². The van der Waals surface area contributed by atoms with Crippen LogP contribution in [-0.4, -0.2) is 25.6 Å². The number of likely N-dealkylation sites (N-methyl/N-ethyl adjacent to an activating group) is 1. The van der Waals surface area contributed by atoms with Gasteiger partial charge in [-0.2, -0.15) is 0 Å². The molecule has 4 heteroatoms. The Hall–Kier alpha value is -1.71. The van der Waals surface area contributed by atoms with Crippen LogP contribution >= 0.6 is 0 Å². The molecule has 0 bridgehead atoms. The van der Waals surface area contributed by atoms with Gasteiger partial charge in [0.1, 0.15) is 5.75 Å². The molecule has 0 saturated carbocycles. The fourth-order valence-corrected chi connectivity index (χ4v) is 1.97.